The van der Waals surface area contributed by atoms with E-state index in [0.29, 0.717) is 0 Å². The van der Waals surface area contributed by atoms with E-state index in [2.05, 4.69) is 9.47 Å². The molecule has 0 spiro atoms. The van der Waals surface area contributed by atoms with Gasteiger partial charge >= 0.3 is 12.1 Å². The van der Waals surface area contributed by atoms with E-state index in [0.717, 1.165) is 20.5 Å². The number of imide groups is 1. The largest absolute Gasteiger partial charge is 0.465 e. The molecule has 0 unspecified atom stereocenters. The fourth-order valence-corrected chi connectivity index (χ4v) is 5.20. The SMILES string of the molecule is COC(=O)c1sccc1S(=O)(=O)N1CC(N2C(=O)COC2=O)C1. The third-order valence-corrected chi connectivity index (χ3v) is 6.49. The summed E-state index contributed by atoms with van der Waals surface area (Å²) in [5, 5.41) is 1.48. The molecule has 1 aromatic rings. The van der Waals surface area contributed by atoms with Crippen molar-refractivity contribution in [3.63, 3.8) is 0 Å². The first-order valence-corrected chi connectivity index (χ1v) is 8.83. The maximum absolute atomic E-state index is 12.5. The van der Waals surface area contributed by atoms with Crippen LogP contribution in [-0.2, 0) is 24.3 Å². The molecule has 1 aromatic heterocycles. The molecule has 0 N–H and O–H groups in total. The number of amides is 2. The second-order valence-corrected chi connectivity index (χ2v) is 7.72. The summed E-state index contributed by atoms with van der Waals surface area (Å²) in [6.07, 6.45) is -0.761. The molecule has 2 saturated heterocycles. The summed E-state index contributed by atoms with van der Waals surface area (Å²) in [6.45, 7) is -0.377. The summed E-state index contributed by atoms with van der Waals surface area (Å²) in [7, 11) is -2.72. The molecule has 3 rings (SSSR count). The van der Waals surface area contributed by atoms with Crippen LogP contribution >= 0.6 is 11.3 Å². The summed E-state index contributed by atoms with van der Waals surface area (Å²) in [4.78, 5) is 35.4. The van der Waals surface area contributed by atoms with Crippen LogP contribution in [0.1, 0.15) is 9.67 Å². The minimum absolute atomic E-state index is 0.00684. The zero-order valence-corrected chi connectivity index (χ0v) is 13.6. The van der Waals surface area contributed by atoms with Gasteiger partial charge < -0.3 is 9.47 Å². The van der Waals surface area contributed by atoms with Crippen molar-refractivity contribution < 1.29 is 32.3 Å². The first-order valence-electron chi connectivity index (χ1n) is 6.51. The van der Waals surface area contributed by atoms with Crippen LogP contribution in [0.2, 0.25) is 0 Å². The zero-order valence-electron chi connectivity index (χ0n) is 11.9. The second-order valence-electron chi connectivity index (χ2n) is 4.90. The van der Waals surface area contributed by atoms with Gasteiger partial charge in [-0.05, 0) is 11.4 Å². The molecule has 2 amide bonds. The van der Waals surface area contributed by atoms with Gasteiger partial charge in [0.05, 0.1) is 13.2 Å². The van der Waals surface area contributed by atoms with E-state index in [1.54, 1.807) is 0 Å². The third kappa shape index (κ3) is 2.50. The molecule has 124 valence electrons. The van der Waals surface area contributed by atoms with Crippen molar-refractivity contribution in [1.29, 1.82) is 0 Å². The fraction of sp³-hybridized carbons (Fsp3) is 0.417. The van der Waals surface area contributed by atoms with Crippen molar-refractivity contribution in [3.8, 4) is 0 Å². The number of carbonyl (C=O) groups is 3. The van der Waals surface area contributed by atoms with Crippen LogP contribution in [0.25, 0.3) is 0 Å². The summed E-state index contributed by atoms with van der Waals surface area (Å²) < 4.78 is 35.4. The molecular weight excluding hydrogens is 348 g/mol. The smallest absolute Gasteiger partial charge is 0.417 e. The maximum Gasteiger partial charge on any atom is 0.417 e. The maximum atomic E-state index is 12.5. The van der Waals surface area contributed by atoms with Gasteiger partial charge in [-0.2, -0.15) is 4.31 Å². The fourth-order valence-electron chi connectivity index (χ4n) is 2.37. The van der Waals surface area contributed by atoms with Crippen LogP contribution in [0.5, 0.6) is 0 Å². The molecule has 0 saturated carbocycles. The summed E-state index contributed by atoms with van der Waals surface area (Å²) in [6, 6.07) is 0.780. The Morgan fingerprint density at radius 3 is 2.65 bits per heavy atom. The highest BCUT2D eigenvalue weighted by atomic mass is 32.2. The number of cyclic esters (lactones) is 1. The number of hydrogen-bond acceptors (Lipinski definition) is 8. The van der Waals surface area contributed by atoms with Crippen molar-refractivity contribution >= 4 is 39.3 Å². The first kappa shape index (κ1) is 15.9. The van der Waals surface area contributed by atoms with Crippen molar-refractivity contribution in [1.82, 2.24) is 9.21 Å². The number of sulfonamides is 1. The Balaban J connectivity index is 1.77. The van der Waals surface area contributed by atoms with E-state index in [9.17, 15) is 22.8 Å². The lowest BCUT2D eigenvalue weighted by atomic mass is 10.1. The van der Waals surface area contributed by atoms with Crippen LogP contribution in [0.3, 0.4) is 0 Å². The number of carbonyl (C=O) groups excluding carboxylic acids is 3. The minimum Gasteiger partial charge on any atom is -0.465 e. The highest BCUT2D eigenvalue weighted by Crippen LogP contribution is 2.30. The lowest BCUT2D eigenvalue weighted by Gasteiger charge is -2.40. The molecule has 0 aliphatic carbocycles. The van der Waals surface area contributed by atoms with E-state index in [4.69, 9.17) is 0 Å². The van der Waals surface area contributed by atoms with Crippen molar-refractivity contribution in [2.45, 2.75) is 10.9 Å². The molecule has 9 nitrogen and oxygen atoms in total. The molecule has 0 aromatic carbocycles. The number of rotatable bonds is 4. The van der Waals surface area contributed by atoms with E-state index in [1.807, 2.05) is 0 Å². The van der Waals surface area contributed by atoms with Gasteiger partial charge in [0.2, 0.25) is 10.0 Å². The highest BCUT2D eigenvalue weighted by molar-refractivity contribution is 7.89. The molecular formula is C12H12N2O7S2. The lowest BCUT2D eigenvalue weighted by molar-refractivity contribution is -0.128. The molecule has 2 aliphatic heterocycles. The molecule has 2 aliphatic rings. The first-order chi connectivity index (χ1) is 10.9. The van der Waals surface area contributed by atoms with E-state index >= 15 is 0 Å². The van der Waals surface area contributed by atoms with Crippen molar-refractivity contribution in [3.05, 3.63) is 16.3 Å². The lowest BCUT2D eigenvalue weighted by Crippen LogP contribution is -2.62. The number of ether oxygens (including phenoxy) is 2. The average molecular weight is 360 g/mol. The van der Waals surface area contributed by atoms with Gasteiger partial charge in [0.15, 0.2) is 6.61 Å². The van der Waals surface area contributed by atoms with E-state index in [1.165, 1.54) is 18.6 Å². The van der Waals surface area contributed by atoms with E-state index < -0.39 is 34.0 Å². The zero-order chi connectivity index (χ0) is 16.8. The molecule has 0 bridgehead atoms. The Bertz CT molecular complexity index is 763. The molecule has 23 heavy (non-hydrogen) atoms. The topological polar surface area (TPSA) is 110 Å². The van der Waals surface area contributed by atoms with Gasteiger partial charge in [-0.1, -0.05) is 0 Å². The number of methoxy groups -OCH3 is 1. The monoisotopic (exact) mass is 360 g/mol. The normalized spacial score (nSPS) is 19.6. The van der Waals surface area contributed by atoms with Gasteiger partial charge in [-0.15, -0.1) is 11.3 Å². The van der Waals surface area contributed by atoms with Crippen LogP contribution in [-0.4, -0.2) is 68.4 Å². The van der Waals surface area contributed by atoms with E-state index in [-0.39, 0.29) is 29.5 Å². The van der Waals surface area contributed by atoms with Gasteiger partial charge in [-0.3, -0.25) is 4.79 Å². The quantitative estimate of drug-likeness (QED) is 0.689. The number of nitrogens with zero attached hydrogens (tertiary/aromatic N) is 2. The minimum atomic E-state index is -3.89. The summed E-state index contributed by atoms with van der Waals surface area (Å²) >= 11 is 0.969. The van der Waals surface area contributed by atoms with Gasteiger partial charge in [-0.25, -0.2) is 22.9 Å². The predicted octanol–water partition coefficient (Wildman–Crippen LogP) is -0.114. The predicted molar refractivity (Wildman–Crippen MR) is 76.4 cm³/mol. The Morgan fingerprint density at radius 1 is 1.39 bits per heavy atom. The standard InChI is InChI=1S/C12H12N2O7S2/c1-20-11(16)10-8(2-3-22-10)23(18,19)13-4-7(5-13)14-9(15)6-21-12(14)17/h2-3,7H,4-6H2,1H3. The molecule has 3 heterocycles. The van der Waals surface area contributed by atoms with Crippen LogP contribution < -0.4 is 0 Å². The third-order valence-electron chi connectivity index (χ3n) is 3.60. The Hall–Kier alpha value is -1.98. The highest BCUT2D eigenvalue weighted by Gasteiger charge is 2.47. The number of hydrogen-bond donors (Lipinski definition) is 0. The van der Waals surface area contributed by atoms with Gasteiger partial charge in [0.25, 0.3) is 5.91 Å². The molecule has 0 atom stereocenters. The van der Waals surface area contributed by atoms with Crippen molar-refractivity contribution in [2.24, 2.45) is 0 Å². The van der Waals surface area contributed by atoms with Crippen LogP contribution in [0.4, 0.5) is 4.79 Å². The Morgan fingerprint density at radius 2 is 2.09 bits per heavy atom. The molecule has 2 fully saturated rings. The molecule has 0 radical (unpaired) electrons. The number of thiophene rings is 1. The summed E-state index contributed by atoms with van der Waals surface area (Å²) in [5.41, 5.74) is 0. The Labute approximate surface area is 135 Å². The Kier molecular flexibility index (Phi) is 3.86. The van der Waals surface area contributed by atoms with Crippen molar-refractivity contribution in [2.75, 3.05) is 26.8 Å². The molecule has 11 heteroatoms. The van der Waals surface area contributed by atoms with Gasteiger partial charge in [0.1, 0.15) is 9.77 Å². The second kappa shape index (κ2) is 5.58. The average Bonchev–Trinajstić information content (AvgIpc) is 3.06. The summed E-state index contributed by atoms with van der Waals surface area (Å²) in [5.74, 6) is -1.21. The number of esters is 1. The van der Waals surface area contributed by atoms with Crippen LogP contribution in [0, 0.1) is 0 Å². The van der Waals surface area contributed by atoms with Crippen LogP contribution in [0.15, 0.2) is 16.3 Å². The van der Waals surface area contributed by atoms with Gasteiger partial charge in [0, 0.05) is 13.1 Å².